The molecule has 1 amide bonds. The standard InChI is InChI=1S/C15H23NO2/c1-9(17)16-13-8-4-7-12-14(13)10-5-2-3-6-11(10)15(12)18/h10-14H,2-8H2,1H3,(H,16,17). The molecule has 3 rings (SSSR count). The molecule has 3 fully saturated rings. The van der Waals surface area contributed by atoms with Crippen molar-refractivity contribution in [1.82, 2.24) is 5.32 Å². The van der Waals surface area contributed by atoms with Crippen LogP contribution in [-0.4, -0.2) is 17.7 Å². The molecule has 0 aromatic carbocycles. The van der Waals surface area contributed by atoms with Crippen LogP contribution >= 0.6 is 0 Å². The summed E-state index contributed by atoms with van der Waals surface area (Å²) in [6.07, 6.45) is 8.01. The molecule has 1 N–H and O–H groups in total. The monoisotopic (exact) mass is 249 g/mol. The largest absolute Gasteiger partial charge is 0.353 e. The molecular formula is C15H23NO2. The number of carbonyl (C=O) groups is 2. The normalized spacial score (nSPS) is 43.2. The Morgan fingerprint density at radius 1 is 1.06 bits per heavy atom. The van der Waals surface area contributed by atoms with Gasteiger partial charge in [-0.15, -0.1) is 0 Å². The van der Waals surface area contributed by atoms with E-state index in [1.165, 1.54) is 19.3 Å². The number of fused-ring (bicyclic) bond motifs is 3. The van der Waals surface area contributed by atoms with Crippen molar-refractivity contribution in [2.45, 2.75) is 57.9 Å². The highest BCUT2D eigenvalue weighted by Gasteiger charge is 2.53. The van der Waals surface area contributed by atoms with Gasteiger partial charge in [-0.3, -0.25) is 9.59 Å². The summed E-state index contributed by atoms with van der Waals surface area (Å²) >= 11 is 0. The highest BCUT2D eigenvalue weighted by atomic mass is 16.1. The zero-order chi connectivity index (χ0) is 12.7. The molecule has 5 unspecified atom stereocenters. The maximum atomic E-state index is 12.5. The number of carbonyl (C=O) groups excluding carboxylic acids is 2. The summed E-state index contributed by atoms with van der Waals surface area (Å²) in [5, 5.41) is 3.12. The van der Waals surface area contributed by atoms with E-state index in [4.69, 9.17) is 0 Å². The number of ketones is 1. The van der Waals surface area contributed by atoms with Crippen LogP contribution in [0.2, 0.25) is 0 Å². The number of nitrogens with one attached hydrogen (secondary N) is 1. The summed E-state index contributed by atoms with van der Waals surface area (Å²) in [4.78, 5) is 23.8. The van der Waals surface area contributed by atoms with Gasteiger partial charge in [0.2, 0.25) is 5.91 Å². The van der Waals surface area contributed by atoms with E-state index in [0.717, 1.165) is 25.7 Å². The van der Waals surface area contributed by atoms with E-state index < -0.39 is 0 Å². The van der Waals surface area contributed by atoms with Crippen molar-refractivity contribution >= 4 is 11.7 Å². The smallest absolute Gasteiger partial charge is 0.217 e. The van der Waals surface area contributed by atoms with Crippen LogP contribution in [0.15, 0.2) is 0 Å². The summed E-state index contributed by atoms with van der Waals surface area (Å²) in [5.41, 5.74) is 0. The van der Waals surface area contributed by atoms with Gasteiger partial charge in [0.1, 0.15) is 5.78 Å². The first-order valence-electron chi connectivity index (χ1n) is 7.49. The first-order valence-corrected chi connectivity index (χ1v) is 7.49. The third-order valence-corrected chi connectivity index (χ3v) is 5.39. The molecule has 3 nitrogen and oxygen atoms in total. The average Bonchev–Trinajstić information content (AvgIpc) is 2.65. The second-order valence-corrected chi connectivity index (χ2v) is 6.38. The van der Waals surface area contributed by atoms with Crippen LogP contribution in [-0.2, 0) is 9.59 Å². The van der Waals surface area contributed by atoms with E-state index >= 15 is 0 Å². The van der Waals surface area contributed by atoms with Crippen molar-refractivity contribution < 1.29 is 9.59 Å². The van der Waals surface area contributed by atoms with Crippen LogP contribution in [0.3, 0.4) is 0 Å². The lowest BCUT2D eigenvalue weighted by molar-refractivity contribution is -0.126. The maximum Gasteiger partial charge on any atom is 0.217 e. The summed E-state index contributed by atoms with van der Waals surface area (Å²) in [6.45, 7) is 1.60. The van der Waals surface area contributed by atoms with Gasteiger partial charge < -0.3 is 5.32 Å². The highest BCUT2D eigenvalue weighted by molar-refractivity contribution is 5.87. The molecule has 5 atom stereocenters. The quantitative estimate of drug-likeness (QED) is 0.775. The van der Waals surface area contributed by atoms with E-state index in [1.54, 1.807) is 6.92 Å². The third kappa shape index (κ3) is 1.88. The van der Waals surface area contributed by atoms with Crippen LogP contribution in [0.4, 0.5) is 0 Å². The topological polar surface area (TPSA) is 46.2 Å². The molecule has 3 aliphatic carbocycles. The zero-order valence-electron chi connectivity index (χ0n) is 11.2. The van der Waals surface area contributed by atoms with Gasteiger partial charge in [-0.25, -0.2) is 0 Å². The van der Waals surface area contributed by atoms with Crippen molar-refractivity contribution in [3.63, 3.8) is 0 Å². The SMILES string of the molecule is CC(=O)NC1CCCC2C(=O)C3CCCCC3C12. The Labute approximate surface area is 109 Å². The van der Waals surface area contributed by atoms with Gasteiger partial charge in [-0.1, -0.05) is 19.3 Å². The lowest BCUT2D eigenvalue weighted by atomic mass is 9.71. The van der Waals surface area contributed by atoms with Crippen LogP contribution in [0.1, 0.15) is 51.9 Å². The fourth-order valence-electron chi connectivity index (χ4n) is 4.83. The molecule has 0 radical (unpaired) electrons. The van der Waals surface area contributed by atoms with E-state index in [2.05, 4.69) is 5.32 Å². The van der Waals surface area contributed by atoms with E-state index in [9.17, 15) is 9.59 Å². The first-order chi connectivity index (χ1) is 8.68. The summed E-state index contributed by atoms with van der Waals surface area (Å²) in [5.74, 6) is 2.17. The van der Waals surface area contributed by atoms with E-state index in [-0.39, 0.29) is 17.9 Å². The van der Waals surface area contributed by atoms with Crippen LogP contribution in [0.25, 0.3) is 0 Å². The lowest BCUT2D eigenvalue weighted by Gasteiger charge is -2.38. The molecule has 0 bridgehead atoms. The minimum atomic E-state index is 0.0624. The van der Waals surface area contributed by atoms with Gasteiger partial charge in [0, 0.05) is 24.8 Å². The number of hydrogen-bond donors (Lipinski definition) is 1. The molecule has 0 aliphatic heterocycles. The fraction of sp³-hybridized carbons (Fsp3) is 0.867. The predicted molar refractivity (Wildman–Crippen MR) is 68.9 cm³/mol. The van der Waals surface area contributed by atoms with Crippen molar-refractivity contribution in [3.8, 4) is 0 Å². The molecule has 0 aromatic rings. The zero-order valence-corrected chi connectivity index (χ0v) is 11.2. The Morgan fingerprint density at radius 2 is 1.78 bits per heavy atom. The summed E-state index contributed by atoms with van der Waals surface area (Å²) in [6, 6.07) is 0.262. The van der Waals surface area contributed by atoms with Crippen molar-refractivity contribution in [1.29, 1.82) is 0 Å². The minimum Gasteiger partial charge on any atom is -0.353 e. The van der Waals surface area contributed by atoms with Gasteiger partial charge in [0.05, 0.1) is 0 Å². The van der Waals surface area contributed by atoms with Gasteiger partial charge in [-0.05, 0) is 37.5 Å². The Bertz CT molecular complexity index is 366. The van der Waals surface area contributed by atoms with Gasteiger partial charge in [0.15, 0.2) is 0 Å². The number of amides is 1. The molecule has 3 saturated carbocycles. The Morgan fingerprint density at radius 3 is 2.56 bits per heavy atom. The van der Waals surface area contributed by atoms with Crippen molar-refractivity contribution in [2.75, 3.05) is 0 Å². The molecule has 3 heteroatoms. The average molecular weight is 249 g/mol. The third-order valence-electron chi connectivity index (χ3n) is 5.39. The Kier molecular flexibility index (Phi) is 3.16. The lowest BCUT2D eigenvalue weighted by Crippen LogP contribution is -2.46. The molecule has 0 spiro atoms. The summed E-state index contributed by atoms with van der Waals surface area (Å²) in [7, 11) is 0. The van der Waals surface area contributed by atoms with Crippen LogP contribution in [0.5, 0.6) is 0 Å². The maximum absolute atomic E-state index is 12.5. The molecule has 0 aromatic heterocycles. The molecule has 0 saturated heterocycles. The van der Waals surface area contributed by atoms with E-state index in [0.29, 0.717) is 23.5 Å². The van der Waals surface area contributed by atoms with Crippen molar-refractivity contribution in [3.05, 3.63) is 0 Å². The number of hydrogen-bond acceptors (Lipinski definition) is 2. The predicted octanol–water partition coefficient (Wildman–Crippen LogP) is 2.30. The highest BCUT2D eigenvalue weighted by Crippen LogP contribution is 2.52. The Hall–Kier alpha value is -0.860. The van der Waals surface area contributed by atoms with Gasteiger partial charge >= 0.3 is 0 Å². The second-order valence-electron chi connectivity index (χ2n) is 6.38. The molecule has 100 valence electrons. The minimum absolute atomic E-state index is 0.0624. The molecular weight excluding hydrogens is 226 g/mol. The van der Waals surface area contributed by atoms with Crippen LogP contribution in [0, 0.1) is 23.7 Å². The Balaban J connectivity index is 1.84. The fourth-order valence-corrected chi connectivity index (χ4v) is 4.83. The van der Waals surface area contributed by atoms with E-state index in [1.807, 2.05) is 0 Å². The second kappa shape index (κ2) is 4.67. The molecule has 0 heterocycles. The first kappa shape index (κ1) is 12.2. The van der Waals surface area contributed by atoms with Gasteiger partial charge in [0.25, 0.3) is 0 Å². The van der Waals surface area contributed by atoms with Crippen LogP contribution < -0.4 is 5.32 Å². The number of rotatable bonds is 1. The number of Topliss-reactive ketones (excluding diaryl/α,β-unsaturated/α-hetero) is 1. The molecule has 18 heavy (non-hydrogen) atoms. The van der Waals surface area contributed by atoms with Crippen molar-refractivity contribution in [2.24, 2.45) is 23.7 Å². The van der Waals surface area contributed by atoms with Gasteiger partial charge in [-0.2, -0.15) is 0 Å². The summed E-state index contributed by atoms with van der Waals surface area (Å²) < 4.78 is 0. The molecule has 3 aliphatic rings.